The highest BCUT2D eigenvalue weighted by Gasteiger charge is 2.20. The summed E-state index contributed by atoms with van der Waals surface area (Å²) in [6.45, 7) is 0.354. The Morgan fingerprint density at radius 2 is 2.06 bits per heavy atom. The first kappa shape index (κ1) is 12.6. The SMILES string of the molecule is NCc1cccc(C(O)C(O)CC(N)=O)c1. The zero-order valence-electron chi connectivity index (χ0n) is 8.84. The summed E-state index contributed by atoms with van der Waals surface area (Å²) in [4.78, 5) is 10.6. The van der Waals surface area contributed by atoms with Gasteiger partial charge in [0, 0.05) is 6.54 Å². The molecule has 0 aliphatic carbocycles. The minimum absolute atomic E-state index is 0.270. The molecule has 0 heterocycles. The molecule has 0 aliphatic heterocycles. The summed E-state index contributed by atoms with van der Waals surface area (Å²) in [5.41, 5.74) is 11.8. The van der Waals surface area contributed by atoms with Crippen molar-refractivity contribution in [3.05, 3.63) is 35.4 Å². The van der Waals surface area contributed by atoms with Gasteiger partial charge < -0.3 is 21.7 Å². The van der Waals surface area contributed by atoms with Gasteiger partial charge in [-0.25, -0.2) is 0 Å². The van der Waals surface area contributed by atoms with Gasteiger partial charge in [0.2, 0.25) is 5.91 Å². The number of rotatable bonds is 5. The molecule has 0 radical (unpaired) electrons. The number of hydrogen-bond donors (Lipinski definition) is 4. The minimum atomic E-state index is -1.19. The summed E-state index contributed by atoms with van der Waals surface area (Å²) in [5.74, 6) is -0.651. The summed E-state index contributed by atoms with van der Waals surface area (Å²) in [5, 5.41) is 19.3. The monoisotopic (exact) mass is 224 g/mol. The number of primary amides is 1. The Balaban J connectivity index is 2.78. The van der Waals surface area contributed by atoms with E-state index in [1.165, 1.54) is 0 Å². The summed E-state index contributed by atoms with van der Waals surface area (Å²) in [7, 11) is 0. The highest BCUT2D eigenvalue weighted by atomic mass is 16.3. The molecule has 0 saturated carbocycles. The maximum Gasteiger partial charge on any atom is 0.220 e. The van der Waals surface area contributed by atoms with Gasteiger partial charge in [-0.3, -0.25) is 4.79 Å². The topological polar surface area (TPSA) is 110 Å². The molecule has 1 aromatic carbocycles. The molecule has 0 aromatic heterocycles. The fourth-order valence-corrected chi connectivity index (χ4v) is 1.44. The van der Waals surface area contributed by atoms with E-state index in [9.17, 15) is 15.0 Å². The van der Waals surface area contributed by atoms with E-state index in [-0.39, 0.29) is 6.42 Å². The Morgan fingerprint density at radius 1 is 1.38 bits per heavy atom. The lowest BCUT2D eigenvalue weighted by Crippen LogP contribution is -2.25. The zero-order valence-corrected chi connectivity index (χ0v) is 8.84. The van der Waals surface area contributed by atoms with Crippen molar-refractivity contribution in [3.8, 4) is 0 Å². The minimum Gasteiger partial charge on any atom is -0.390 e. The molecule has 0 fully saturated rings. The molecule has 5 heteroatoms. The van der Waals surface area contributed by atoms with Crippen LogP contribution in [-0.4, -0.2) is 22.2 Å². The third-order valence-electron chi connectivity index (χ3n) is 2.30. The number of carbonyl (C=O) groups excluding carboxylic acids is 1. The largest absolute Gasteiger partial charge is 0.390 e. The highest BCUT2D eigenvalue weighted by Crippen LogP contribution is 2.19. The maximum absolute atomic E-state index is 10.6. The first-order valence-electron chi connectivity index (χ1n) is 4.98. The molecule has 1 rings (SSSR count). The molecule has 1 aromatic rings. The third kappa shape index (κ3) is 3.30. The van der Waals surface area contributed by atoms with Crippen LogP contribution in [0.15, 0.2) is 24.3 Å². The van der Waals surface area contributed by atoms with Crippen LogP contribution in [0.2, 0.25) is 0 Å². The van der Waals surface area contributed by atoms with Gasteiger partial charge in [0.05, 0.1) is 12.5 Å². The molecule has 88 valence electrons. The first-order valence-corrected chi connectivity index (χ1v) is 4.98. The number of nitrogens with two attached hydrogens (primary N) is 2. The molecule has 2 atom stereocenters. The average Bonchev–Trinajstić information content (AvgIpc) is 2.27. The van der Waals surface area contributed by atoms with E-state index in [4.69, 9.17) is 11.5 Å². The van der Waals surface area contributed by atoms with Crippen molar-refractivity contribution < 1.29 is 15.0 Å². The van der Waals surface area contributed by atoms with Crippen molar-refractivity contribution in [1.82, 2.24) is 0 Å². The fraction of sp³-hybridized carbons (Fsp3) is 0.364. The van der Waals surface area contributed by atoms with E-state index in [0.717, 1.165) is 5.56 Å². The Kier molecular flexibility index (Phi) is 4.42. The lowest BCUT2D eigenvalue weighted by Gasteiger charge is -2.17. The number of hydrogen-bond acceptors (Lipinski definition) is 4. The summed E-state index contributed by atoms with van der Waals surface area (Å²) < 4.78 is 0. The van der Waals surface area contributed by atoms with Crippen molar-refractivity contribution in [1.29, 1.82) is 0 Å². The van der Waals surface area contributed by atoms with Crippen molar-refractivity contribution in [2.24, 2.45) is 11.5 Å². The molecule has 0 bridgehead atoms. The van der Waals surface area contributed by atoms with Crippen LogP contribution in [0.25, 0.3) is 0 Å². The van der Waals surface area contributed by atoms with Crippen LogP contribution in [0.1, 0.15) is 23.7 Å². The van der Waals surface area contributed by atoms with Gasteiger partial charge in [-0.1, -0.05) is 24.3 Å². The molecule has 0 aliphatic rings. The molecule has 0 spiro atoms. The molecular formula is C11H16N2O3. The van der Waals surface area contributed by atoms with E-state index >= 15 is 0 Å². The summed E-state index contributed by atoms with van der Waals surface area (Å²) >= 11 is 0. The Morgan fingerprint density at radius 3 is 2.62 bits per heavy atom. The van der Waals surface area contributed by atoms with E-state index in [2.05, 4.69) is 0 Å². The normalized spacial score (nSPS) is 14.4. The van der Waals surface area contributed by atoms with E-state index in [1.807, 2.05) is 6.07 Å². The van der Waals surface area contributed by atoms with Crippen LogP contribution in [0.4, 0.5) is 0 Å². The second-order valence-electron chi connectivity index (χ2n) is 3.63. The van der Waals surface area contributed by atoms with E-state index in [0.29, 0.717) is 12.1 Å². The second-order valence-corrected chi connectivity index (χ2v) is 3.63. The molecule has 1 amide bonds. The quantitative estimate of drug-likeness (QED) is 0.536. The summed E-state index contributed by atoms with van der Waals surface area (Å²) in [6, 6.07) is 6.90. The third-order valence-corrected chi connectivity index (χ3v) is 2.30. The van der Waals surface area contributed by atoms with E-state index < -0.39 is 18.1 Å². The van der Waals surface area contributed by atoms with Gasteiger partial charge in [0.1, 0.15) is 6.10 Å². The highest BCUT2D eigenvalue weighted by molar-refractivity contribution is 5.74. The van der Waals surface area contributed by atoms with Crippen molar-refractivity contribution in [3.63, 3.8) is 0 Å². The van der Waals surface area contributed by atoms with Gasteiger partial charge in [0.15, 0.2) is 0 Å². The Hall–Kier alpha value is -1.43. The summed E-state index contributed by atoms with van der Waals surface area (Å²) in [6.07, 6.45) is -2.59. The molecule has 5 nitrogen and oxygen atoms in total. The zero-order chi connectivity index (χ0) is 12.1. The van der Waals surface area contributed by atoms with Gasteiger partial charge >= 0.3 is 0 Å². The Bertz CT molecular complexity index is 368. The van der Waals surface area contributed by atoms with Crippen molar-refractivity contribution >= 4 is 5.91 Å². The number of aliphatic hydroxyl groups is 2. The van der Waals surface area contributed by atoms with Crippen LogP contribution in [0.5, 0.6) is 0 Å². The number of amides is 1. The van der Waals surface area contributed by atoms with Gasteiger partial charge in [-0.05, 0) is 11.1 Å². The van der Waals surface area contributed by atoms with Gasteiger partial charge in [0.25, 0.3) is 0 Å². The number of aliphatic hydroxyl groups excluding tert-OH is 2. The first-order chi connectivity index (χ1) is 7.54. The van der Waals surface area contributed by atoms with Crippen LogP contribution in [-0.2, 0) is 11.3 Å². The average molecular weight is 224 g/mol. The second kappa shape index (κ2) is 5.60. The van der Waals surface area contributed by atoms with Gasteiger partial charge in [-0.2, -0.15) is 0 Å². The molecule has 6 N–H and O–H groups in total. The van der Waals surface area contributed by atoms with Crippen LogP contribution in [0.3, 0.4) is 0 Å². The van der Waals surface area contributed by atoms with E-state index in [1.54, 1.807) is 18.2 Å². The molecule has 16 heavy (non-hydrogen) atoms. The number of benzene rings is 1. The van der Waals surface area contributed by atoms with Crippen molar-refractivity contribution in [2.45, 2.75) is 25.2 Å². The standard InChI is InChI=1S/C11H16N2O3/c12-6-7-2-1-3-8(4-7)11(16)9(14)5-10(13)15/h1-4,9,11,14,16H,5-6,12H2,(H2,13,15). The molecular weight excluding hydrogens is 208 g/mol. The predicted molar refractivity (Wildman–Crippen MR) is 59.1 cm³/mol. The smallest absolute Gasteiger partial charge is 0.220 e. The van der Waals surface area contributed by atoms with Crippen LogP contribution in [0, 0.1) is 0 Å². The van der Waals surface area contributed by atoms with Crippen LogP contribution >= 0.6 is 0 Å². The molecule has 0 saturated heterocycles. The molecule has 2 unspecified atom stereocenters. The maximum atomic E-state index is 10.6. The van der Waals surface area contributed by atoms with Crippen LogP contribution < -0.4 is 11.5 Å². The Labute approximate surface area is 93.7 Å². The van der Waals surface area contributed by atoms with Gasteiger partial charge in [-0.15, -0.1) is 0 Å². The predicted octanol–water partition coefficient (Wildman–Crippen LogP) is -0.585. The lowest BCUT2D eigenvalue weighted by molar-refractivity contribution is -0.121. The fourth-order valence-electron chi connectivity index (χ4n) is 1.44. The van der Waals surface area contributed by atoms with Crippen molar-refractivity contribution in [2.75, 3.05) is 0 Å². The number of carbonyl (C=O) groups is 1. The lowest BCUT2D eigenvalue weighted by atomic mass is 10.00.